The van der Waals surface area contributed by atoms with E-state index in [9.17, 15) is 36.6 Å². The number of hydrogen-bond acceptors (Lipinski definition) is 4. The van der Waals surface area contributed by atoms with Crippen LogP contribution in [-0.2, 0) is 9.53 Å². The Morgan fingerprint density at radius 2 is 1.73 bits per heavy atom. The minimum Gasteiger partial charge on any atom is -0.462 e. The first-order valence-electron chi connectivity index (χ1n) is 5.77. The number of carbonyl (C=O) groups is 2. The van der Waals surface area contributed by atoms with Crippen LogP contribution in [0.3, 0.4) is 0 Å². The van der Waals surface area contributed by atoms with E-state index in [2.05, 4.69) is 4.74 Å². The van der Waals surface area contributed by atoms with Crippen molar-refractivity contribution < 1.29 is 41.4 Å². The van der Waals surface area contributed by atoms with Gasteiger partial charge in [0, 0.05) is 0 Å². The molecule has 22 heavy (non-hydrogen) atoms. The molecule has 5 nitrogen and oxygen atoms in total. The second-order valence-electron chi connectivity index (χ2n) is 3.98. The van der Waals surface area contributed by atoms with Gasteiger partial charge in [0.05, 0.1) is 6.61 Å². The van der Waals surface area contributed by atoms with Gasteiger partial charge in [0.2, 0.25) is 0 Å². The molecule has 122 valence electrons. The van der Waals surface area contributed by atoms with Crippen molar-refractivity contribution in [3.05, 3.63) is 35.4 Å². The quantitative estimate of drug-likeness (QED) is 0.499. The second-order valence-corrected chi connectivity index (χ2v) is 3.98. The summed E-state index contributed by atoms with van der Waals surface area (Å²) in [6, 6.07) is 2.12. The molecule has 0 aliphatic heterocycles. The summed E-state index contributed by atoms with van der Waals surface area (Å²) in [6.07, 6.45) is -5.67. The molecule has 0 aliphatic carbocycles. The van der Waals surface area contributed by atoms with Gasteiger partial charge in [0.15, 0.2) is 0 Å². The van der Waals surface area contributed by atoms with E-state index in [1.807, 2.05) is 0 Å². The van der Waals surface area contributed by atoms with Crippen molar-refractivity contribution in [1.29, 1.82) is 0 Å². The number of amides is 1. The number of nitrogens with one attached hydrogen (secondary N) is 1. The molecule has 0 saturated heterocycles. The van der Waals surface area contributed by atoms with Crippen LogP contribution in [0.4, 0.5) is 22.0 Å². The van der Waals surface area contributed by atoms with Gasteiger partial charge in [0.1, 0.15) is 17.2 Å². The Hall–Kier alpha value is -2.23. The van der Waals surface area contributed by atoms with Gasteiger partial charge in [-0.05, 0) is 19.1 Å². The molecule has 10 heteroatoms. The lowest BCUT2D eigenvalue weighted by atomic mass is 10.1. The Kier molecular flexibility index (Phi) is 5.07. The van der Waals surface area contributed by atoms with Crippen LogP contribution in [0.25, 0.3) is 0 Å². The summed E-state index contributed by atoms with van der Waals surface area (Å²) in [5.74, 6) is -7.13. The third-order valence-electron chi connectivity index (χ3n) is 2.47. The molecule has 0 saturated carbocycles. The minimum atomic E-state index is -5.67. The molecular weight excluding hydrogens is 317 g/mol. The number of hydrogen-bond donors (Lipinski definition) is 2. The number of rotatable bonds is 4. The van der Waals surface area contributed by atoms with Crippen molar-refractivity contribution in [3.8, 4) is 0 Å². The van der Waals surface area contributed by atoms with Crippen molar-refractivity contribution in [1.82, 2.24) is 5.32 Å². The van der Waals surface area contributed by atoms with Crippen LogP contribution < -0.4 is 5.32 Å². The third-order valence-corrected chi connectivity index (χ3v) is 2.47. The molecule has 0 heterocycles. The van der Waals surface area contributed by atoms with Gasteiger partial charge in [-0.1, -0.05) is 6.07 Å². The molecule has 0 fully saturated rings. The van der Waals surface area contributed by atoms with Crippen LogP contribution >= 0.6 is 0 Å². The zero-order valence-corrected chi connectivity index (χ0v) is 11.0. The van der Waals surface area contributed by atoms with Crippen LogP contribution in [0.5, 0.6) is 0 Å². The predicted octanol–water partition coefficient (Wildman–Crippen LogP) is 1.51. The third kappa shape index (κ3) is 3.32. The first kappa shape index (κ1) is 17.8. The number of aliphatic hydroxyl groups is 1. The van der Waals surface area contributed by atoms with Crippen LogP contribution in [0.1, 0.15) is 17.3 Å². The van der Waals surface area contributed by atoms with E-state index in [4.69, 9.17) is 0 Å². The Labute approximate surface area is 120 Å². The standard InChI is InChI=1S/C12H10F5NO4/c1-2-22-10(20)11(21,12(15,16)17)18-9(19)8-6(13)4-3-5-7(8)14/h3-5,21H,2H2,1H3,(H,18,19)/t11-/m0/s1. The van der Waals surface area contributed by atoms with E-state index < -0.39 is 47.6 Å². The van der Waals surface area contributed by atoms with E-state index >= 15 is 0 Å². The Morgan fingerprint density at radius 1 is 1.23 bits per heavy atom. The van der Waals surface area contributed by atoms with Gasteiger partial charge < -0.3 is 15.2 Å². The zero-order valence-electron chi connectivity index (χ0n) is 11.0. The monoisotopic (exact) mass is 327 g/mol. The minimum absolute atomic E-state index is 0.527. The van der Waals surface area contributed by atoms with Crippen LogP contribution in [0, 0.1) is 11.6 Å². The van der Waals surface area contributed by atoms with E-state index in [1.54, 1.807) is 0 Å². The Bertz CT molecular complexity index is 569. The fourth-order valence-electron chi connectivity index (χ4n) is 1.41. The molecule has 2 N–H and O–H groups in total. The highest BCUT2D eigenvalue weighted by Crippen LogP contribution is 2.30. The SMILES string of the molecule is CCOC(=O)[C@@](O)(NC(=O)c1c(F)cccc1F)C(F)(F)F. The normalized spacial score (nSPS) is 14.1. The number of halogens is 5. The molecular formula is C12H10F5NO4. The highest BCUT2D eigenvalue weighted by Gasteiger charge is 2.62. The zero-order chi connectivity index (χ0) is 17.1. The topological polar surface area (TPSA) is 75.6 Å². The van der Waals surface area contributed by atoms with Crippen molar-refractivity contribution in [2.45, 2.75) is 18.8 Å². The molecule has 1 aromatic carbocycles. The molecule has 0 spiro atoms. The number of alkyl halides is 3. The first-order chi connectivity index (χ1) is 10.0. The lowest BCUT2D eigenvalue weighted by Gasteiger charge is -2.28. The predicted molar refractivity (Wildman–Crippen MR) is 61.5 cm³/mol. The van der Waals surface area contributed by atoms with E-state index in [1.165, 1.54) is 0 Å². The summed E-state index contributed by atoms with van der Waals surface area (Å²) in [5, 5.41) is 10.2. The fraction of sp³-hybridized carbons (Fsp3) is 0.333. The van der Waals surface area contributed by atoms with Crippen LogP contribution in [0.15, 0.2) is 18.2 Å². The van der Waals surface area contributed by atoms with Crippen LogP contribution in [0.2, 0.25) is 0 Å². The van der Waals surface area contributed by atoms with Gasteiger partial charge in [-0.15, -0.1) is 0 Å². The van der Waals surface area contributed by atoms with E-state index in [0.717, 1.165) is 18.3 Å². The van der Waals surface area contributed by atoms with Crippen LogP contribution in [-0.4, -0.2) is 35.5 Å². The molecule has 1 aromatic rings. The number of ether oxygens (including phenoxy) is 1. The molecule has 1 rings (SSSR count). The lowest BCUT2D eigenvalue weighted by Crippen LogP contribution is -2.64. The summed E-state index contributed by atoms with van der Waals surface area (Å²) in [6.45, 7) is 0.633. The Morgan fingerprint density at radius 3 is 2.14 bits per heavy atom. The largest absolute Gasteiger partial charge is 0.462 e. The van der Waals surface area contributed by atoms with Gasteiger partial charge in [-0.25, -0.2) is 13.6 Å². The summed E-state index contributed by atoms with van der Waals surface area (Å²) in [7, 11) is 0. The van der Waals surface area contributed by atoms with Crippen molar-refractivity contribution in [2.75, 3.05) is 6.61 Å². The first-order valence-corrected chi connectivity index (χ1v) is 5.77. The van der Waals surface area contributed by atoms with Crippen molar-refractivity contribution in [2.24, 2.45) is 0 Å². The summed E-state index contributed by atoms with van der Waals surface area (Å²) < 4.78 is 69.1. The summed E-state index contributed by atoms with van der Waals surface area (Å²) >= 11 is 0. The fourth-order valence-corrected chi connectivity index (χ4v) is 1.41. The smallest absolute Gasteiger partial charge is 0.448 e. The summed E-state index contributed by atoms with van der Waals surface area (Å²) in [4.78, 5) is 22.9. The van der Waals surface area contributed by atoms with E-state index in [-0.39, 0.29) is 0 Å². The maximum Gasteiger partial charge on any atom is 0.448 e. The number of benzene rings is 1. The average molecular weight is 327 g/mol. The van der Waals surface area contributed by atoms with Gasteiger partial charge in [-0.2, -0.15) is 13.2 Å². The van der Waals surface area contributed by atoms with E-state index in [0.29, 0.717) is 12.1 Å². The van der Waals surface area contributed by atoms with Crippen molar-refractivity contribution in [3.63, 3.8) is 0 Å². The van der Waals surface area contributed by atoms with Gasteiger partial charge >= 0.3 is 17.9 Å². The molecule has 0 aliphatic rings. The second kappa shape index (κ2) is 6.26. The Balaban J connectivity index is 3.21. The number of carbonyl (C=O) groups excluding carboxylic acids is 2. The number of esters is 1. The highest BCUT2D eigenvalue weighted by atomic mass is 19.4. The maximum absolute atomic E-state index is 13.3. The molecule has 0 aromatic heterocycles. The lowest BCUT2D eigenvalue weighted by molar-refractivity contribution is -0.269. The van der Waals surface area contributed by atoms with Crippen molar-refractivity contribution >= 4 is 11.9 Å². The van der Waals surface area contributed by atoms with Gasteiger partial charge in [0.25, 0.3) is 5.91 Å². The molecule has 0 radical (unpaired) electrons. The molecule has 0 bridgehead atoms. The highest BCUT2D eigenvalue weighted by molar-refractivity contribution is 5.98. The molecule has 0 unspecified atom stereocenters. The maximum atomic E-state index is 13.3. The average Bonchev–Trinajstić information content (AvgIpc) is 2.37. The molecule has 1 atom stereocenters. The summed E-state index contributed by atoms with van der Waals surface area (Å²) in [5.41, 5.74) is -5.82. The molecule has 1 amide bonds. The van der Waals surface area contributed by atoms with Gasteiger partial charge in [-0.3, -0.25) is 4.79 Å².